The summed E-state index contributed by atoms with van der Waals surface area (Å²) in [6, 6.07) is 9.23. The third kappa shape index (κ3) is 2.71. The van der Waals surface area contributed by atoms with Crippen molar-refractivity contribution in [1.29, 1.82) is 0 Å². The Balaban J connectivity index is 2.27. The Morgan fingerprint density at radius 1 is 1.32 bits per heavy atom. The summed E-state index contributed by atoms with van der Waals surface area (Å²) in [6.45, 7) is 0. The average molecular weight is 259 g/mol. The molecule has 7 heteroatoms. The van der Waals surface area contributed by atoms with Gasteiger partial charge in [0.2, 0.25) is 0 Å². The summed E-state index contributed by atoms with van der Waals surface area (Å²) in [7, 11) is 1.36. The van der Waals surface area contributed by atoms with Crippen LogP contribution >= 0.6 is 0 Å². The Hall–Kier alpha value is -2.83. The molecule has 19 heavy (non-hydrogen) atoms. The number of para-hydroxylation sites is 1. The molecule has 0 amide bonds. The van der Waals surface area contributed by atoms with E-state index in [4.69, 9.17) is 5.73 Å². The van der Waals surface area contributed by atoms with Crippen LogP contribution in [0.2, 0.25) is 0 Å². The lowest BCUT2D eigenvalue weighted by Crippen LogP contribution is -2.36. The lowest BCUT2D eigenvalue weighted by molar-refractivity contribution is 0.777. The van der Waals surface area contributed by atoms with Crippen LogP contribution in [0.25, 0.3) is 0 Å². The van der Waals surface area contributed by atoms with Gasteiger partial charge in [0, 0.05) is 7.05 Å². The van der Waals surface area contributed by atoms with Gasteiger partial charge in [-0.3, -0.25) is 19.8 Å². The lowest BCUT2D eigenvalue weighted by atomic mass is 10.3. The summed E-state index contributed by atoms with van der Waals surface area (Å²) in [5.41, 5.74) is 8.18. The minimum atomic E-state index is -0.560. The van der Waals surface area contributed by atoms with Gasteiger partial charge in [0.05, 0.1) is 11.9 Å². The number of nitrogens with one attached hydrogen (secondary N) is 2. The molecule has 0 atom stereocenters. The van der Waals surface area contributed by atoms with Gasteiger partial charge in [-0.1, -0.05) is 18.2 Å². The van der Waals surface area contributed by atoms with Gasteiger partial charge >= 0.3 is 5.69 Å². The highest BCUT2D eigenvalue weighted by Crippen LogP contribution is 2.04. The fraction of sp³-hybridized carbons (Fsp3) is 0.0833. The minimum absolute atomic E-state index is 0.00767. The van der Waals surface area contributed by atoms with Crippen LogP contribution in [0, 0.1) is 0 Å². The maximum atomic E-state index is 11.8. The normalized spacial score (nSPS) is 10.8. The van der Waals surface area contributed by atoms with E-state index in [1.165, 1.54) is 13.3 Å². The molecule has 4 N–H and O–H groups in total. The molecule has 0 radical (unpaired) electrons. The van der Waals surface area contributed by atoms with Crippen LogP contribution in [0.4, 0.5) is 11.5 Å². The summed E-state index contributed by atoms with van der Waals surface area (Å²) in [4.78, 5) is 25.4. The van der Waals surface area contributed by atoms with Crippen molar-refractivity contribution in [2.45, 2.75) is 0 Å². The van der Waals surface area contributed by atoms with Crippen molar-refractivity contribution in [3.8, 4) is 0 Å². The highest BCUT2D eigenvalue weighted by atomic mass is 16.2. The number of hydrogen-bond donors (Lipinski definition) is 3. The van der Waals surface area contributed by atoms with Crippen molar-refractivity contribution in [3.05, 3.63) is 56.7 Å². The number of aromatic amines is 1. The van der Waals surface area contributed by atoms with E-state index >= 15 is 0 Å². The summed E-state index contributed by atoms with van der Waals surface area (Å²) < 4.78 is 0.931. The van der Waals surface area contributed by atoms with Gasteiger partial charge in [0.1, 0.15) is 11.4 Å². The van der Waals surface area contributed by atoms with Gasteiger partial charge < -0.3 is 5.73 Å². The molecule has 0 unspecified atom stereocenters. The first-order valence-corrected chi connectivity index (χ1v) is 5.52. The molecule has 1 aromatic carbocycles. The number of nitrogens with zero attached hydrogens (tertiary/aromatic N) is 2. The highest BCUT2D eigenvalue weighted by molar-refractivity contribution is 5.85. The molecule has 98 valence electrons. The number of anilines is 2. The number of rotatable bonds is 3. The number of nitrogens with two attached hydrogens (primary N) is 1. The average Bonchev–Trinajstić information content (AvgIpc) is 2.41. The number of aromatic nitrogens is 2. The molecule has 0 spiro atoms. The van der Waals surface area contributed by atoms with Gasteiger partial charge in [-0.05, 0) is 12.1 Å². The van der Waals surface area contributed by atoms with E-state index in [0.29, 0.717) is 0 Å². The summed E-state index contributed by atoms with van der Waals surface area (Å²) in [5, 5.41) is 3.91. The highest BCUT2D eigenvalue weighted by Gasteiger charge is 2.06. The maximum absolute atomic E-state index is 11.8. The quantitative estimate of drug-likeness (QED) is 0.537. The lowest BCUT2D eigenvalue weighted by Gasteiger charge is -2.02. The van der Waals surface area contributed by atoms with Gasteiger partial charge in [-0.15, -0.1) is 0 Å². The van der Waals surface area contributed by atoms with Crippen molar-refractivity contribution in [2.75, 3.05) is 11.2 Å². The molecule has 0 aliphatic heterocycles. The van der Waals surface area contributed by atoms with E-state index < -0.39 is 11.2 Å². The second-order valence-corrected chi connectivity index (χ2v) is 3.86. The molecule has 0 fully saturated rings. The SMILES string of the molecule is Cn1c(=O)[nH]c(N)c(/C=N/Nc2ccccc2)c1=O. The van der Waals surface area contributed by atoms with Crippen LogP contribution in [0.1, 0.15) is 5.56 Å². The number of H-pyrrole nitrogens is 1. The second kappa shape index (κ2) is 5.21. The Bertz CT molecular complexity index is 715. The molecule has 0 bridgehead atoms. The largest absolute Gasteiger partial charge is 0.384 e. The number of benzene rings is 1. The van der Waals surface area contributed by atoms with Gasteiger partial charge in [-0.25, -0.2) is 4.79 Å². The number of hydrogen-bond acceptors (Lipinski definition) is 5. The van der Waals surface area contributed by atoms with Crippen molar-refractivity contribution >= 4 is 17.7 Å². The predicted octanol–water partition coefficient (Wildman–Crippen LogP) is 0.102. The molecular formula is C12H13N5O2. The van der Waals surface area contributed by atoms with E-state index in [1.807, 2.05) is 30.3 Å². The first kappa shape index (κ1) is 12.6. The standard InChI is InChI=1S/C12H13N5O2/c1-17-11(18)9(10(13)15-12(17)19)7-14-16-8-5-3-2-4-6-8/h2-7,16H,13H2,1H3,(H,15,19)/b14-7+. The topological polar surface area (TPSA) is 105 Å². The van der Waals surface area contributed by atoms with Crippen LogP contribution in [-0.2, 0) is 7.05 Å². The second-order valence-electron chi connectivity index (χ2n) is 3.86. The molecule has 0 saturated carbocycles. The van der Waals surface area contributed by atoms with Gasteiger partial charge in [-0.2, -0.15) is 5.10 Å². The monoisotopic (exact) mass is 259 g/mol. The van der Waals surface area contributed by atoms with Crippen molar-refractivity contribution in [1.82, 2.24) is 9.55 Å². The zero-order valence-electron chi connectivity index (χ0n) is 10.3. The third-order valence-electron chi connectivity index (χ3n) is 2.53. The molecule has 0 aliphatic rings. The summed E-state index contributed by atoms with van der Waals surface area (Å²) in [6.07, 6.45) is 1.28. The van der Waals surface area contributed by atoms with E-state index in [-0.39, 0.29) is 11.4 Å². The van der Waals surface area contributed by atoms with Crippen LogP contribution in [-0.4, -0.2) is 15.8 Å². The Morgan fingerprint density at radius 2 is 2.00 bits per heavy atom. The summed E-state index contributed by atoms with van der Waals surface area (Å²) >= 11 is 0. The molecule has 1 heterocycles. The Morgan fingerprint density at radius 3 is 2.68 bits per heavy atom. The number of hydrazone groups is 1. The van der Waals surface area contributed by atoms with Crippen LogP contribution in [0.5, 0.6) is 0 Å². The maximum Gasteiger partial charge on any atom is 0.329 e. The molecule has 7 nitrogen and oxygen atoms in total. The zero-order valence-corrected chi connectivity index (χ0v) is 10.3. The fourth-order valence-electron chi connectivity index (χ4n) is 1.46. The Kier molecular flexibility index (Phi) is 3.46. The van der Waals surface area contributed by atoms with Crippen molar-refractivity contribution < 1.29 is 0 Å². The van der Waals surface area contributed by atoms with E-state index in [0.717, 1.165) is 10.3 Å². The molecule has 0 aliphatic carbocycles. The fourth-order valence-corrected chi connectivity index (χ4v) is 1.46. The molecule has 0 saturated heterocycles. The smallest absolute Gasteiger partial charge is 0.329 e. The Labute approximate surface area is 108 Å². The first-order chi connectivity index (χ1) is 9.09. The minimum Gasteiger partial charge on any atom is -0.384 e. The predicted molar refractivity (Wildman–Crippen MR) is 74.4 cm³/mol. The molecule has 1 aromatic heterocycles. The zero-order chi connectivity index (χ0) is 13.8. The van der Waals surface area contributed by atoms with E-state index in [1.54, 1.807) is 0 Å². The van der Waals surface area contributed by atoms with Gasteiger partial charge in [0.25, 0.3) is 5.56 Å². The summed E-state index contributed by atoms with van der Waals surface area (Å²) in [5.74, 6) is -0.00767. The first-order valence-electron chi connectivity index (χ1n) is 5.52. The van der Waals surface area contributed by atoms with Crippen molar-refractivity contribution in [3.63, 3.8) is 0 Å². The molecular weight excluding hydrogens is 246 g/mol. The number of nitrogen functional groups attached to an aromatic ring is 1. The van der Waals surface area contributed by atoms with E-state index in [2.05, 4.69) is 15.5 Å². The van der Waals surface area contributed by atoms with Gasteiger partial charge in [0.15, 0.2) is 0 Å². The van der Waals surface area contributed by atoms with Crippen LogP contribution < -0.4 is 22.4 Å². The van der Waals surface area contributed by atoms with Crippen molar-refractivity contribution in [2.24, 2.45) is 12.1 Å². The van der Waals surface area contributed by atoms with Crippen LogP contribution in [0.15, 0.2) is 45.0 Å². The van der Waals surface area contributed by atoms with E-state index in [9.17, 15) is 9.59 Å². The molecule has 2 aromatic rings. The third-order valence-corrected chi connectivity index (χ3v) is 2.53. The van der Waals surface area contributed by atoms with Crippen LogP contribution in [0.3, 0.4) is 0 Å². The molecule has 2 rings (SSSR count).